The molecule has 0 atom stereocenters. The predicted molar refractivity (Wildman–Crippen MR) is 171 cm³/mol. The van der Waals surface area contributed by atoms with Crippen molar-refractivity contribution in [1.29, 1.82) is 0 Å². The van der Waals surface area contributed by atoms with Gasteiger partial charge >= 0.3 is 0 Å². The monoisotopic (exact) mass is 604 g/mol. The van der Waals surface area contributed by atoms with Gasteiger partial charge in [-0.3, -0.25) is 29.9 Å². The number of hydrogen-bond donors (Lipinski definition) is 1. The molecule has 1 aliphatic heterocycles. The number of nitrogens with zero attached hydrogens (tertiary/aromatic N) is 3. The number of nitro groups is 1. The first-order valence-corrected chi connectivity index (χ1v) is 13.9. The molecule has 1 fully saturated rings. The van der Waals surface area contributed by atoms with Gasteiger partial charge in [0.2, 0.25) is 0 Å². The van der Waals surface area contributed by atoms with Crippen LogP contribution < -0.4 is 10.2 Å². The topological polar surface area (TPSA) is 97.5 Å². The summed E-state index contributed by atoms with van der Waals surface area (Å²) in [5, 5.41) is 14.5. The molecule has 210 valence electrons. The van der Waals surface area contributed by atoms with Gasteiger partial charge in [-0.2, -0.15) is 0 Å². The van der Waals surface area contributed by atoms with E-state index in [1.165, 1.54) is 17.0 Å². The number of nitro benzene ring substituents is 1. The summed E-state index contributed by atoms with van der Waals surface area (Å²) in [6.07, 6.45) is 1.55. The molecule has 0 spiro atoms. The minimum absolute atomic E-state index is 0.0359. The number of non-ortho nitro benzene ring substituents is 1. The maximum absolute atomic E-state index is 13.8. The van der Waals surface area contributed by atoms with Crippen LogP contribution in [-0.2, 0) is 9.59 Å². The van der Waals surface area contributed by atoms with E-state index in [1.807, 2.05) is 71.3 Å². The fourth-order valence-electron chi connectivity index (χ4n) is 4.98. The summed E-state index contributed by atoms with van der Waals surface area (Å²) in [5.41, 5.74) is 4.69. The number of nitrogens with one attached hydrogen (secondary N) is 1. The Hall–Kier alpha value is -5.38. The van der Waals surface area contributed by atoms with Gasteiger partial charge in [0.25, 0.3) is 17.5 Å². The number of carbonyl (C=O) groups excluding carboxylic acids is 2. The van der Waals surface area contributed by atoms with Crippen molar-refractivity contribution in [2.24, 2.45) is 0 Å². The molecule has 4 aromatic carbocycles. The van der Waals surface area contributed by atoms with E-state index in [2.05, 4.69) is 5.32 Å². The number of hydrogen-bond acceptors (Lipinski definition) is 5. The quantitative estimate of drug-likeness (QED) is 0.0726. The van der Waals surface area contributed by atoms with Gasteiger partial charge < -0.3 is 4.57 Å². The van der Waals surface area contributed by atoms with Crippen molar-refractivity contribution in [2.75, 3.05) is 4.90 Å². The lowest BCUT2D eigenvalue weighted by Crippen LogP contribution is -2.54. The van der Waals surface area contributed by atoms with Crippen molar-refractivity contribution in [2.45, 2.75) is 0 Å². The molecule has 2 heterocycles. The van der Waals surface area contributed by atoms with Gasteiger partial charge in [-0.25, -0.2) is 0 Å². The molecule has 2 amide bonds. The predicted octanol–water partition coefficient (Wildman–Crippen LogP) is 7.20. The highest BCUT2D eigenvalue weighted by Gasteiger charge is 2.35. The first-order valence-electron chi connectivity index (χ1n) is 13.1. The highest BCUT2D eigenvalue weighted by molar-refractivity contribution is 7.80. The zero-order valence-corrected chi connectivity index (χ0v) is 23.9. The highest BCUT2D eigenvalue weighted by Crippen LogP contribution is 2.38. The van der Waals surface area contributed by atoms with Crippen LogP contribution in [0.5, 0.6) is 0 Å². The SMILES string of the molecule is O=C1NC(=S)N(c2ccc(Cl)cc2)C(=O)/C1=C\c1cc(-c2ccccc2)n(-c2ccc([N+](=O)[O-])cc2)c1-c1ccccc1. The summed E-state index contributed by atoms with van der Waals surface area (Å²) in [6.45, 7) is 0. The Kier molecular flexibility index (Phi) is 7.41. The number of carbonyl (C=O) groups is 2. The standard InChI is InChI=1S/C33H21ClN4O4S/c34-24-11-13-26(14-12-24)37-32(40)28(31(39)35-33(37)43)19-23-20-29(21-7-3-1-4-8-21)36(30(23)22-9-5-2-6-10-22)25-15-17-27(18-16-25)38(41)42/h1-20H,(H,35,39,43)/b28-19-. The minimum atomic E-state index is -0.622. The number of aromatic nitrogens is 1. The van der Waals surface area contributed by atoms with Gasteiger partial charge in [0.15, 0.2) is 5.11 Å². The smallest absolute Gasteiger partial charge is 0.270 e. The van der Waals surface area contributed by atoms with Crippen molar-refractivity contribution in [3.63, 3.8) is 0 Å². The molecule has 1 N–H and O–H groups in total. The summed E-state index contributed by atoms with van der Waals surface area (Å²) in [7, 11) is 0. The van der Waals surface area contributed by atoms with Crippen LogP contribution in [0.15, 0.2) is 121 Å². The maximum Gasteiger partial charge on any atom is 0.270 e. The highest BCUT2D eigenvalue weighted by atomic mass is 35.5. The Bertz CT molecular complexity index is 1920. The molecule has 1 aliphatic rings. The molecule has 0 bridgehead atoms. The Labute approximate surface area is 256 Å². The summed E-state index contributed by atoms with van der Waals surface area (Å²) >= 11 is 11.4. The summed E-state index contributed by atoms with van der Waals surface area (Å²) in [6, 6.07) is 33.8. The lowest BCUT2D eigenvalue weighted by atomic mass is 10.0. The van der Waals surface area contributed by atoms with E-state index < -0.39 is 16.7 Å². The van der Waals surface area contributed by atoms with Crippen molar-refractivity contribution >= 4 is 58.2 Å². The van der Waals surface area contributed by atoms with Crippen LogP contribution in [0.3, 0.4) is 0 Å². The number of rotatable bonds is 6. The molecule has 0 radical (unpaired) electrons. The Morgan fingerprint density at radius 3 is 1.98 bits per heavy atom. The zero-order valence-electron chi connectivity index (χ0n) is 22.3. The Morgan fingerprint density at radius 2 is 1.37 bits per heavy atom. The van der Waals surface area contributed by atoms with Crippen LogP contribution >= 0.6 is 23.8 Å². The third kappa shape index (κ3) is 5.34. The lowest BCUT2D eigenvalue weighted by molar-refractivity contribution is -0.384. The van der Waals surface area contributed by atoms with Crippen LogP contribution in [0.2, 0.25) is 5.02 Å². The van der Waals surface area contributed by atoms with Crippen LogP contribution in [0, 0.1) is 10.1 Å². The van der Waals surface area contributed by atoms with Crippen LogP contribution in [0.1, 0.15) is 5.56 Å². The van der Waals surface area contributed by atoms with Crippen molar-refractivity contribution < 1.29 is 14.5 Å². The fraction of sp³-hybridized carbons (Fsp3) is 0. The summed E-state index contributed by atoms with van der Waals surface area (Å²) < 4.78 is 1.97. The number of amides is 2. The number of halogens is 1. The lowest BCUT2D eigenvalue weighted by Gasteiger charge is -2.29. The fourth-order valence-corrected chi connectivity index (χ4v) is 5.39. The van der Waals surface area contributed by atoms with Gasteiger partial charge in [-0.05, 0) is 71.9 Å². The van der Waals surface area contributed by atoms with E-state index in [1.54, 1.807) is 42.5 Å². The Morgan fingerprint density at radius 1 is 0.791 bits per heavy atom. The summed E-state index contributed by atoms with van der Waals surface area (Å²) in [4.78, 5) is 39.2. The van der Waals surface area contributed by atoms with E-state index in [0.29, 0.717) is 27.7 Å². The van der Waals surface area contributed by atoms with E-state index >= 15 is 0 Å². The van der Waals surface area contributed by atoms with E-state index in [4.69, 9.17) is 23.8 Å². The molecule has 43 heavy (non-hydrogen) atoms. The molecule has 5 aromatic rings. The second-order valence-electron chi connectivity index (χ2n) is 9.61. The normalized spacial score (nSPS) is 14.2. The molecule has 0 aliphatic carbocycles. The van der Waals surface area contributed by atoms with E-state index in [0.717, 1.165) is 16.8 Å². The molecule has 1 aromatic heterocycles. The molecule has 6 rings (SSSR count). The molecule has 1 saturated heterocycles. The second kappa shape index (κ2) is 11.5. The van der Waals surface area contributed by atoms with E-state index in [9.17, 15) is 19.7 Å². The minimum Gasteiger partial charge on any atom is -0.309 e. The molecule has 0 saturated carbocycles. The van der Waals surface area contributed by atoms with Gasteiger partial charge in [-0.1, -0.05) is 72.3 Å². The van der Waals surface area contributed by atoms with Gasteiger partial charge in [-0.15, -0.1) is 0 Å². The zero-order chi connectivity index (χ0) is 30.1. The van der Waals surface area contributed by atoms with Crippen LogP contribution in [0.4, 0.5) is 11.4 Å². The maximum atomic E-state index is 13.8. The average molecular weight is 605 g/mol. The average Bonchev–Trinajstić information content (AvgIpc) is 3.40. The number of thiocarbonyl (C=S) groups is 1. The first-order chi connectivity index (χ1) is 20.8. The van der Waals surface area contributed by atoms with E-state index in [-0.39, 0.29) is 16.4 Å². The molecule has 0 unspecified atom stereocenters. The largest absolute Gasteiger partial charge is 0.309 e. The van der Waals surface area contributed by atoms with Gasteiger partial charge in [0, 0.05) is 28.4 Å². The molecule has 10 heteroatoms. The number of benzene rings is 4. The summed E-state index contributed by atoms with van der Waals surface area (Å²) in [5.74, 6) is -1.21. The van der Waals surface area contributed by atoms with Crippen molar-refractivity contribution in [3.05, 3.63) is 142 Å². The second-order valence-corrected chi connectivity index (χ2v) is 10.4. The van der Waals surface area contributed by atoms with Crippen molar-refractivity contribution in [3.8, 4) is 28.2 Å². The third-order valence-electron chi connectivity index (χ3n) is 6.95. The molecule has 8 nitrogen and oxygen atoms in total. The van der Waals surface area contributed by atoms with Crippen LogP contribution in [-0.4, -0.2) is 26.4 Å². The first kappa shape index (κ1) is 27.8. The van der Waals surface area contributed by atoms with Gasteiger partial charge in [0.05, 0.1) is 22.0 Å². The van der Waals surface area contributed by atoms with Crippen molar-refractivity contribution in [1.82, 2.24) is 9.88 Å². The molecular formula is C33H21ClN4O4S. The molecular weight excluding hydrogens is 584 g/mol. The third-order valence-corrected chi connectivity index (χ3v) is 7.49. The number of anilines is 1. The van der Waals surface area contributed by atoms with Crippen LogP contribution in [0.25, 0.3) is 34.3 Å². The van der Waals surface area contributed by atoms with Gasteiger partial charge in [0.1, 0.15) is 5.57 Å². The Balaban J connectivity index is 1.59.